The van der Waals surface area contributed by atoms with Crippen LogP contribution in [0.1, 0.15) is 39.8 Å². The molecule has 0 saturated heterocycles. The number of nitrogens with zero attached hydrogens (tertiary/aromatic N) is 2. The first-order valence-electron chi connectivity index (χ1n) is 7.48. The number of hydrogen-bond acceptors (Lipinski definition) is 3. The maximum atomic E-state index is 6.08. The monoisotopic (exact) mass is 308 g/mol. The molecule has 0 saturated carbocycles. The number of rotatable bonds is 6. The van der Waals surface area contributed by atoms with Crippen LogP contribution in [-0.2, 0) is 15.9 Å². The van der Waals surface area contributed by atoms with E-state index in [9.17, 15) is 0 Å². The largest absolute Gasteiger partial charge is 0.416 e. The zero-order valence-corrected chi connectivity index (χ0v) is 15.2. The lowest BCUT2D eigenvalue weighted by atomic mass is 10.2. The fraction of sp³-hybridized carbons (Fsp3) is 0.688. The van der Waals surface area contributed by atoms with Crippen molar-refractivity contribution in [3.05, 3.63) is 18.2 Å². The molecule has 0 amide bonds. The molecule has 0 N–H and O–H groups in total. The van der Waals surface area contributed by atoms with Crippen LogP contribution in [0.5, 0.6) is 0 Å². The first-order chi connectivity index (χ1) is 9.76. The smallest absolute Gasteiger partial charge is 0.192 e. The highest BCUT2D eigenvalue weighted by Gasteiger charge is 2.36. The zero-order chi connectivity index (χ0) is 15.9. The van der Waals surface area contributed by atoms with E-state index >= 15 is 0 Å². The van der Waals surface area contributed by atoms with E-state index in [-0.39, 0.29) is 5.04 Å². The highest BCUT2D eigenvalue weighted by Crippen LogP contribution is 2.36. The fourth-order valence-electron chi connectivity index (χ4n) is 1.42. The van der Waals surface area contributed by atoms with Crippen LogP contribution in [0.3, 0.4) is 0 Å². The van der Waals surface area contributed by atoms with Gasteiger partial charge >= 0.3 is 0 Å². The zero-order valence-electron chi connectivity index (χ0n) is 14.2. The minimum absolute atomic E-state index is 0.248. The second kappa shape index (κ2) is 7.78. The van der Waals surface area contributed by atoms with Gasteiger partial charge in [0.25, 0.3) is 0 Å². The highest BCUT2D eigenvalue weighted by molar-refractivity contribution is 6.74. The van der Waals surface area contributed by atoms with Gasteiger partial charge < -0.3 is 13.7 Å². The van der Waals surface area contributed by atoms with Crippen molar-refractivity contribution < 1.29 is 9.16 Å². The molecule has 118 valence electrons. The lowest BCUT2D eigenvalue weighted by Crippen LogP contribution is -2.40. The van der Waals surface area contributed by atoms with Crippen LogP contribution < -0.4 is 0 Å². The van der Waals surface area contributed by atoms with Gasteiger partial charge in [0.05, 0.1) is 6.33 Å². The van der Waals surface area contributed by atoms with E-state index in [1.807, 2.05) is 17.7 Å². The second-order valence-electron chi connectivity index (χ2n) is 6.56. The van der Waals surface area contributed by atoms with E-state index in [2.05, 4.69) is 50.7 Å². The lowest BCUT2D eigenvalue weighted by Gasteiger charge is -2.35. The summed E-state index contributed by atoms with van der Waals surface area (Å²) in [6.07, 6.45) is 4.38. The van der Waals surface area contributed by atoms with Gasteiger partial charge in [-0.05, 0) is 31.0 Å². The molecule has 0 aliphatic heterocycles. The molecule has 0 fully saturated rings. The first-order valence-corrected chi connectivity index (χ1v) is 10.4. The highest BCUT2D eigenvalue weighted by atomic mass is 28.4. The quantitative estimate of drug-likeness (QED) is 0.457. The van der Waals surface area contributed by atoms with Gasteiger partial charge in [0.15, 0.2) is 8.32 Å². The van der Waals surface area contributed by atoms with Crippen LogP contribution in [0.15, 0.2) is 12.5 Å². The molecule has 1 aromatic heterocycles. The fourth-order valence-corrected chi connectivity index (χ4v) is 2.46. The van der Waals surface area contributed by atoms with Gasteiger partial charge in [-0.15, -0.1) is 0 Å². The summed E-state index contributed by atoms with van der Waals surface area (Å²) in [4.78, 5) is 4.23. The van der Waals surface area contributed by atoms with Crippen molar-refractivity contribution in [2.45, 2.75) is 59.0 Å². The van der Waals surface area contributed by atoms with Crippen LogP contribution in [0, 0.1) is 11.8 Å². The summed E-state index contributed by atoms with van der Waals surface area (Å²) in [5.41, 5.74) is 0.780. The Morgan fingerprint density at radius 3 is 2.67 bits per heavy atom. The van der Waals surface area contributed by atoms with Crippen molar-refractivity contribution in [3.63, 3.8) is 0 Å². The Bertz CT molecular complexity index is 492. The van der Waals surface area contributed by atoms with E-state index in [1.165, 1.54) is 0 Å². The van der Waals surface area contributed by atoms with Gasteiger partial charge in [-0.1, -0.05) is 26.7 Å². The van der Waals surface area contributed by atoms with Crippen molar-refractivity contribution in [1.82, 2.24) is 9.55 Å². The molecule has 0 aliphatic rings. The average molecular weight is 308 g/mol. The standard InChI is InChI=1S/C16H28N2O2Si/c1-7-19-14-18-12-15(17-13-18)10-8-9-11-20-21(5,6)16(2,3)4/h12-13H,7,9,11,14H2,1-6H3. The summed E-state index contributed by atoms with van der Waals surface area (Å²) >= 11 is 0. The Morgan fingerprint density at radius 2 is 2.05 bits per heavy atom. The molecule has 4 nitrogen and oxygen atoms in total. The molecule has 1 rings (SSSR count). The summed E-state index contributed by atoms with van der Waals surface area (Å²) in [7, 11) is -1.65. The van der Waals surface area contributed by atoms with Crippen molar-refractivity contribution in [2.75, 3.05) is 13.2 Å². The van der Waals surface area contributed by atoms with Crippen LogP contribution in [-0.4, -0.2) is 31.1 Å². The lowest BCUT2D eigenvalue weighted by molar-refractivity contribution is 0.0877. The summed E-state index contributed by atoms with van der Waals surface area (Å²) in [5.74, 6) is 6.19. The molecule has 5 heteroatoms. The Kier molecular flexibility index (Phi) is 6.66. The normalized spacial score (nSPS) is 12.1. The molecule has 0 unspecified atom stereocenters. The molecule has 0 aromatic carbocycles. The minimum Gasteiger partial charge on any atom is -0.416 e. The topological polar surface area (TPSA) is 36.3 Å². The molecule has 0 aliphatic carbocycles. The summed E-state index contributed by atoms with van der Waals surface area (Å²) in [6.45, 7) is 15.2. The first kappa shape index (κ1) is 18.0. The SMILES string of the molecule is CCOCn1cnc(C#CCCO[Si](C)(C)C(C)(C)C)c1. The van der Waals surface area contributed by atoms with Gasteiger partial charge in [-0.2, -0.15) is 0 Å². The third-order valence-electron chi connectivity index (χ3n) is 3.79. The Hall–Kier alpha value is -1.09. The summed E-state index contributed by atoms with van der Waals surface area (Å²) < 4.78 is 13.3. The molecule has 1 heterocycles. The van der Waals surface area contributed by atoms with E-state index in [0.29, 0.717) is 19.9 Å². The molecular formula is C16H28N2O2Si. The molecule has 1 aromatic rings. The van der Waals surface area contributed by atoms with Crippen LogP contribution in [0.25, 0.3) is 0 Å². The van der Waals surface area contributed by atoms with Crippen LogP contribution in [0.4, 0.5) is 0 Å². The van der Waals surface area contributed by atoms with Crippen molar-refractivity contribution in [3.8, 4) is 11.8 Å². The molecule has 0 bridgehead atoms. The number of ether oxygens (including phenoxy) is 1. The van der Waals surface area contributed by atoms with Crippen molar-refractivity contribution in [1.29, 1.82) is 0 Å². The predicted octanol–water partition coefficient (Wildman–Crippen LogP) is 3.64. The van der Waals surface area contributed by atoms with E-state index in [1.54, 1.807) is 6.33 Å². The minimum atomic E-state index is -1.65. The van der Waals surface area contributed by atoms with Gasteiger partial charge in [-0.3, -0.25) is 0 Å². The predicted molar refractivity (Wildman–Crippen MR) is 88.5 cm³/mol. The van der Waals surface area contributed by atoms with Crippen molar-refractivity contribution >= 4 is 8.32 Å². The van der Waals surface area contributed by atoms with Gasteiger partial charge in [0.2, 0.25) is 0 Å². The third kappa shape index (κ3) is 6.04. The molecule has 21 heavy (non-hydrogen) atoms. The van der Waals surface area contributed by atoms with E-state index < -0.39 is 8.32 Å². The van der Waals surface area contributed by atoms with E-state index in [4.69, 9.17) is 9.16 Å². The average Bonchev–Trinajstić information content (AvgIpc) is 2.82. The van der Waals surface area contributed by atoms with Gasteiger partial charge in [0.1, 0.15) is 12.4 Å². The number of hydrogen-bond donors (Lipinski definition) is 0. The third-order valence-corrected chi connectivity index (χ3v) is 8.33. The molecule has 0 atom stereocenters. The summed E-state index contributed by atoms with van der Waals surface area (Å²) in [5, 5.41) is 0.248. The van der Waals surface area contributed by atoms with Gasteiger partial charge in [-0.25, -0.2) is 4.98 Å². The molecular weight excluding hydrogens is 280 g/mol. The molecule has 0 spiro atoms. The number of imidazole rings is 1. The number of aromatic nitrogens is 2. The van der Waals surface area contributed by atoms with E-state index in [0.717, 1.165) is 12.1 Å². The van der Waals surface area contributed by atoms with Crippen LogP contribution >= 0.6 is 0 Å². The summed E-state index contributed by atoms with van der Waals surface area (Å²) in [6, 6.07) is 0. The Balaban J connectivity index is 2.38. The van der Waals surface area contributed by atoms with Crippen LogP contribution in [0.2, 0.25) is 18.1 Å². The van der Waals surface area contributed by atoms with Gasteiger partial charge in [0, 0.05) is 25.8 Å². The Labute approximate surface area is 130 Å². The Morgan fingerprint density at radius 1 is 1.33 bits per heavy atom. The molecule has 0 radical (unpaired) electrons. The second-order valence-corrected chi connectivity index (χ2v) is 11.4. The maximum absolute atomic E-state index is 6.08. The van der Waals surface area contributed by atoms with Crippen molar-refractivity contribution in [2.24, 2.45) is 0 Å². The maximum Gasteiger partial charge on any atom is 0.192 e.